The molecule has 98 valence electrons. The van der Waals surface area contributed by atoms with E-state index in [1.807, 2.05) is 0 Å². The van der Waals surface area contributed by atoms with E-state index in [4.69, 9.17) is 4.74 Å². The highest BCUT2D eigenvalue weighted by Gasteiger charge is 2.24. The van der Waals surface area contributed by atoms with Gasteiger partial charge in [0.15, 0.2) is 0 Å². The molecule has 3 heterocycles. The molecule has 1 aromatic rings. The van der Waals surface area contributed by atoms with Crippen molar-refractivity contribution in [2.24, 2.45) is 0 Å². The molecule has 0 spiro atoms. The third-order valence-corrected chi connectivity index (χ3v) is 3.93. The lowest BCUT2D eigenvalue weighted by Crippen LogP contribution is -2.39. The van der Waals surface area contributed by atoms with Crippen molar-refractivity contribution in [3.8, 4) is 0 Å². The van der Waals surface area contributed by atoms with Gasteiger partial charge in [-0.3, -0.25) is 0 Å². The first kappa shape index (κ1) is 11.9. The first-order valence-corrected chi connectivity index (χ1v) is 6.69. The van der Waals surface area contributed by atoms with Gasteiger partial charge in [-0.15, -0.1) is 0 Å². The number of nitrogens with zero attached hydrogens (tertiary/aromatic N) is 3. The van der Waals surface area contributed by atoms with Gasteiger partial charge in [0, 0.05) is 45.3 Å². The van der Waals surface area contributed by atoms with E-state index in [2.05, 4.69) is 20.2 Å². The highest BCUT2D eigenvalue weighted by Crippen LogP contribution is 2.25. The molecule has 0 saturated carbocycles. The van der Waals surface area contributed by atoms with Crippen LogP contribution < -0.4 is 10.2 Å². The fourth-order valence-electron chi connectivity index (χ4n) is 2.83. The van der Waals surface area contributed by atoms with Crippen molar-refractivity contribution in [3.05, 3.63) is 17.6 Å². The summed E-state index contributed by atoms with van der Waals surface area (Å²) in [5, 5.41) is 3.41. The zero-order valence-electron chi connectivity index (χ0n) is 10.9. The Morgan fingerprint density at radius 3 is 2.94 bits per heavy atom. The summed E-state index contributed by atoms with van der Waals surface area (Å²) in [7, 11) is 1.80. The number of methoxy groups -OCH3 is 1. The zero-order chi connectivity index (χ0) is 12.4. The van der Waals surface area contributed by atoms with E-state index in [1.54, 1.807) is 13.4 Å². The molecule has 18 heavy (non-hydrogen) atoms. The molecule has 0 radical (unpaired) electrons. The predicted molar refractivity (Wildman–Crippen MR) is 69.7 cm³/mol. The van der Waals surface area contributed by atoms with Crippen LogP contribution in [0.4, 0.5) is 5.82 Å². The molecule has 1 N–H and O–H groups in total. The SMILES string of the molecule is COC1CCN(c2ncnc3c2CNCC3)CC1. The van der Waals surface area contributed by atoms with E-state index in [0.717, 1.165) is 51.3 Å². The fourth-order valence-corrected chi connectivity index (χ4v) is 2.83. The maximum Gasteiger partial charge on any atom is 0.136 e. The van der Waals surface area contributed by atoms with E-state index in [1.165, 1.54) is 11.3 Å². The van der Waals surface area contributed by atoms with Crippen LogP contribution >= 0.6 is 0 Å². The van der Waals surface area contributed by atoms with Crippen LogP contribution in [-0.2, 0) is 17.7 Å². The van der Waals surface area contributed by atoms with Gasteiger partial charge in [0.25, 0.3) is 0 Å². The van der Waals surface area contributed by atoms with Gasteiger partial charge in [-0.25, -0.2) is 9.97 Å². The van der Waals surface area contributed by atoms with Crippen LogP contribution in [-0.4, -0.2) is 42.8 Å². The van der Waals surface area contributed by atoms with Crippen molar-refractivity contribution in [2.45, 2.75) is 31.9 Å². The number of anilines is 1. The van der Waals surface area contributed by atoms with Crippen molar-refractivity contribution >= 4 is 5.82 Å². The number of piperidine rings is 1. The maximum atomic E-state index is 5.42. The number of ether oxygens (including phenoxy) is 1. The Morgan fingerprint density at radius 2 is 2.17 bits per heavy atom. The summed E-state index contributed by atoms with van der Waals surface area (Å²) < 4.78 is 5.42. The van der Waals surface area contributed by atoms with E-state index in [9.17, 15) is 0 Å². The van der Waals surface area contributed by atoms with Crippen molar-refractivity contribution in [1.29, 1.82) is 0 Å². The first-order chi connectivity index (χ1) is 8.88. The van der Waals surface area contributed by atoms with Gasteiger partial charge < -0.3 is 15.0 Å². The van der Waals surface area contributed by atoms with Crippen molar-refractivity contribution < 1.29 is 4.74 Å². The molecule has 1 fully saturated rings. The largest absolute Gasteiger partial charge is 0.381 e. The third-order valence-electron chi connectivity index (χ3n) is 3.93. The molecule has 0 aliphatic carbocycles. The van der Waals surface area contributed by atoms with Crippen molar-refractivity contribution in [1.82, 2.24) is 15.3 Å². The van der Waals surface area contributed by atoms with Crippen LogP contribution in [0.2, 0.25) is 0 Å². The standard InChI is InChI=1S/C13H20N4O/c1-18-10-3-6-17(7-4-10)13-11-8-14-5-2-12(11)15-9-16-13/h9-10,14H,2-8H2,1H3. The molecular formula is C13H20N4O. The smallest absolute Gasteiger partial charge is 0.136 e. The van der Waals surface area contributed by atoms with Crippen LogP contribution in [0.1, 0.15) is 24.1 Å². The number of nitrogens with one attached hydrogen (secondary N) is 1. The van der Waals surface area contributed by atoms with Gasteiger partial charge in [0.1, 0.15) is 12.1 Å². The van der Waals surface area contributed by atoms with Crippen molar-refractivity contribution in [3.63, 3.8) is 0 Å². The molecule has 0 bridgehead atoms. The molecule has 0 amide bonds. The summed E-state index contributed by atoms with van der Waals surface area (Å²) in [6.45, 7) is 3.98. The highest BCUT2D eigenvalue weighted by atomic mass is 16.5. The number of hydrogen-bond acceptors (Lipinski definition) is 5. The quantitative estimate of drug-likeness (QED) is 0.836. The second-order valence-electron chi connectivity index (χ2n) is 4.97. The summed E-state index contributed by atoms with van der Waals surface area (Å²) in [5.41, 5.74) is 2.51. The van der Waals surface area contributed by atoms with Gasteiger partial charge in [-0.2, -0.15) is 0 Å². The lowest BCUT2D eigenvalue weighted by molar-refractivity contribution is 0.0817. The minimum absolute atomic E-state index is 0.414. The average Bonchev–Trinajstić information content (AvgIpc) is 2.47. The van der Waals surface area contributed by atoms with E-state index < -0.39 is 0 Å². The highest BCUT2D eigenvalue weighted by molar-refractivity contribution is 5.49. The molecular weight excluding hydrogens is 228 g/mol. The Kier molecular flexibility index (Phi) is 3.43. The molecule has 5 heteroatoms. The summed E-state index contributed by atoms with van der Waals surface area (Å²) in [6.07, 6.45) is 5.31. The Bertz CT molecular complexity index is 415. The van der Waals surface area contributed by atoms with Crippen LogP contribution in [0.25, 0.3) is 0 Å². The molecule has 1 aromatic heterocycles. The minimum atomic E-state index is 0.414. The normalized spacial score (nSPS) is 20.8. The molecule has 5 nitrogen and oxygen atoms in total. The van der Waals surface area contributed by atoms with Crippen LogP contribution in [0.15, 0.2) is 6.33 Å². The van der Waals surface area contributed by atoms with Crippen LogP contribution in [0.3, 0.4) is 0 Å². The lowest BCUT2D eigenvalue weighted by atomic mass is 10.0. The van der Waals surface area contributed by atoms with Crippen LogP contribution in [0.5, 0.6) is 0 Å². The van der Waals surface area contributed by atoms with E-state index >= 15 is 0 Å². The summed E-state index contributed by atoms with van der Waals surface area (Å²) >= 11 is 0. The van der Waals surface area contributed by atoms with Gasteiger partial charge in [-0.1, -0.05) is 0 Å². The number of fused-ring (bicyclic) bond motifs is 1. The molecule has 1 saturated heterocycles. The molecule has 2 aliphatic heterocycles. The lowest BCUT2D eigenvalue weighted by Gasteiger charge is -2.34. The van der Waals surface area contributed by atoms with Gasteiger partial charge >= 0.3 is 0 Å². The minimum Gasteiger partial charge on any atom is -0.381 e. The second kappa shape index (κ2) is 5.20. The van der Waals surface area contributed by atoms with Crippen LogP contribution in [0, 0.1) is 0 Å². The fraction of sp³-hybridized carbons (Fsp3) is 0.692. The predicted octanol–water partition coefficient (Wildman–Crippen LogP) is 0.737. The van der Waals surface area contributed by atoms with E-state index in [0.29, 0.717) is 6.10 Å². The van der Waals surface area contributed by atoms with Gasteiger partial charge in [0.05, 0.1) is 11.8 Å². The zero-order valence-corrected chi connectivity index (χ0v) is 10.9. The Balaban J connectivity index is 1.80. The monoisotopic (exact) mass is 248 g/mol. The molecule has 0 unspecified atom stereocenters. The molecule has 2 aliphatic rings. The Labute approximate surface area is 108 Å². The summed E-state index contributed by atoms with van der Waals surface area (Å²) in [4.78, 5) is 11.3. The summed E-state index contributed by atoms with van der Waals surface area (Å²) in [6, 6.07) is 0. The Hall–Kier alpha value is -1.20. The number of hydrogen-bond donors (Lipinski definition) is 1. The molecule has 3 rings (SSSR count). The topological polar surface area (TPSA) is 50.3 Å². The second-order valence-corrected chi connectivity index (χ2v) is 4.97. The summed E-state index contributed by atoms with van der Waals surface area (Å²) in [5.74, 6) is 1.13. The van der Waals surface area contributed by atoms with Gasteiger partial charge in [-0.05, 0) is 12.8 Å². The van der Waals surface area contributed by atoms with Crippen molar-refractivity contribution in [2.75, 3.05) is 31.6 Å². The number of rotatable bonds is 2. The van der Waals surface area contributed by atoms with Gasteiger partial charge in [0.2, 0.25) is 0 Å². The van der Waals surface area contributed by atoms with E-state index in [-0.39, 0.29) is 0 Å². The third kappa shape index (κ3) is 2.20. The molecule has 0 aromatic carbocycles. The Morgan fingerprint density at radius 1 is 1.33 bits per heavy atom. The molecule has 0 atom stereocenters. The maximum absolute atomic E-state index is 5.42. The number of aromatic nitrogens is 2. The average molecular weight is 248 g/mol. The first-order valence-electron chi connectivity index (χ1n) is 6.69.